The maximum atomic E-state index is 12.8. The van der Waals surface area contributed by atoms with Crippen LogP contribution in [0.3, 0.4) is 0 Å². The number of rotatable bonds is 1. The minimum atomic E-state index is -0.0173. The van der Waals surface area contributed by atoms with Crippen LogP contribution in [0.25, 0.3) is 0 Å². The van der Waals surface area contributed by atoms with Crippen LogP contribution < -0.4 is 0 Å². The molecule has 6 unspecified atom stereocenters. The summed E-state index contributed by atoms with van der Waals surface area (Å²) in [5.74, 6) is 2.02. The molecule has 0 spiro atoms. The molecule has 3 aliphatic carbocycles. The lowest BCUT2D eigenvalue weighted by atomic mass is 9.45. The molecule has 2 nitrogen and oxygen atoms in total. The van der Waals surface area contributed by atoms with Crippen molar-refractivity contribution >= 4 is 11.6 Å². The largest absolute Gasteiger partial charge is 0.299 e. The van der Waals surface area contributed by atoms with Gasteiger partial charge in [-0.25, -0.2) is 0 Å². The van der Waals surface area contributed by atoms with Crippen LogP contribution in [0.4, 0.5) is 0 Å². The number of carbonyl (C=O) groups excluding carboxylic acids is 2. The van der Waals surface area contributed by atoms with E-state index in [-0.39, 0.29) is 23.0 Å². The molecule has 21 heavy (non-hydrogen) atoms. The normalized spacial score (nSPS) is 46.4. The Kier molecular flexibility index (Phi) is 3.46. The van der Waals surface area contributed by atoms with E-state index in [0.717, 1.165) is 24.8 Å². The van der Waals surface area contributed by atoms with Crippen molar-refractivity contribution in [1.29, 1.82) is 0 Å². The Morgan fingerprint density at radius 1 is 1.24 bits per heavy atom. The first kappa shape index (κ1) is 14.7. The van der Waals surface area contributed by atoms with Crippen LogP contribution in [0.1, 0.15) is 46.5 Å². The van der Waals surface area contributed by atoms with Crippen molar-refractivity contribution in [3.8, 4) is 0 Å². The maximum Gasteiger partial charge on any atom is 0.159 e. The van der Waals surface area contributed by atoms with Crippen molar-refractivity contribution in [2.45, 2.75) is 46.5 Å². The number of hydrogen-bond donors (Lipinski definition) is 0. The highest BCUT2D eigenvalue weighted by Crippen LogP contribution is 2.60. The number of Topliss-reactive ketones (excluding diaryl/α,β-unsaturated/α-hetero) is 1. The third-order valence-electron chi connectivity index (χ3n) is 6.86. The molecule has 2 saturated carbocycles. The van der Waals surface area contributed by atoms with E-state index in [1.807, 2.05) is 12.2 Å². The van der Waals surface area contributed by atoms with Gasteiger partial charge in [0.05, 0.1) is 0 Å². The average molecular weight is 286 g/mol. The summed E-state index contributed by atoms with van der Waals surface area (Å²) in [5, 5.41) is 0. The fraction of sp³-hybridized carbons (Fsp3) is 0.684. The second-order valence-corrected chi connectivity index (χ2v) is 7.68. The molecule has 2 heteroatoms. The van der Waals surface area contributed by atoms with E-state index in [2.05, 4.69) is 27.4 Å². The Morgan fingerprint density at radius 2 is 1.95 bits per heavy atom. The molecule has 3 rings (SSSR count). The lowest BCUT2D eigenvalue weighted by Gasteiger charge is -2.58. The van der Waals surface area contributed by atoms with E-state index in [0.29, 0.717) is 30.0 Å². The Balaban J connectivity index is 2.03. The van der Waals surface area contributed by atoms with Crippen LogP contribution in [-0.2, 0) is 9.59 Å². The van der Waals surface area contributed by atoms with Gasteiger partial charge < -0.3 is 0 Å². The number of ketones is 2. The summed E-state index contributed by atoms with van der Waals surface area (Å²) in [6.45, 7) is 10.4. The van der Waals surface area contributed by atoms with Crippen LogP contribution in [0.15, 0.2) is 24.3 Å². The lowest BCUT2D eigenvalue weighted by Crippen LogP contribution is -2.57. The Morgan fingerprint density at radius 3 is 2.62 bits per heavy atom. The topological polar surface area (TPSA) is 34.1 Å². The smallest absolute Gasteiger partial charge is 0.159 e. The van der Waals surface area contributed by atoms with E-state index in [9.17, 15) is 9.59 Å². The molecule has 0 bridgehead atoms. The molecule has 0 radical (unpaired) electrons. The van der Waals surface area contributed by atoms with Crippen LogP contribution in [0.2, 0.25) is 0 Å². The molecule has 114 valence electrons. The summed E-state index contributed by atoms with van der Waals surface area (Å²) in [5.41, 5.74) is 1.08. The van der Waals surface area contributed by atoms with Gasteiger partial charge in [0.1, 0.15) is 5.78 Å². The molecule has 6 atom stereocenters. The summed E-state index contributed by atoms with van der Waals surface area (Å²) in [6, 6.07) is 0. The predicted octanol–water partition coefficient (Wildman–Crippen LogP) is 3.97. The van der Waals surface area contributed by atoms with Gasteiger partial charge in [0, 0.05) is 18.3 Å². The van der Waals surface area contributed by atoms with Gasteiger partial charge in [-0.1, -0.05) is 33.4 Å². The summed E-state index contributed by atoms with van der Waals surface area (Å²) in [7, 11) is 0. The van der Waals surface area contributed by atoms with E-state index in [4.69, 9.17) is 0 Å². The van der Waals surface area contributed by atoms with Crippen molar-refractivity contribution in [1.82, 2.24) is 0 Å². The molecular weight excluding hydrogens is 260 g/mol. The monoisotopic (exact) mass is 286 g/mol. The molecule has 0 N–H and O–H groups in total. The molecule has 3 aliphatic rings. The fourth-order valence-corrected chi connectivity index (χ4v) is 5.54. The summed E-state index contributed by atoms with van der Waals surface area (Å²) in [4.78, 5) is 25.0. The average Bonchev–Trinajstić information content (AvgIpc) is 2.44. The molecule has 2 fully saturated rings. The third kappa shape index (κ3) is 1.98. The van der Waals surface area contributed by atoms with Crippen molar-refractivity contribution in [3.63, 3.8) is 0 Å². The first-order valence-corrected chi connectivity index (χ1v) is 8.29. The van der Waals surface area contributed by atoms with Gasteiger partial charge in [0.15, 0.2) is 5.78 Å². The minimum absolute atomic E-state index is 0.0173. The van der Waals surface area contributed by atoms with Crippen molar-refractivity contribution in [2.75, 3.05) is 0 Å². The molecule has 0 amide bonds. The summed E-state index contributed by atoms with van der Waals surface area (Å²) < 4.78 is 0. The second kappa shape index (κ2) is 4.93. The van der Waals surface area contributed by atoms with Gasteiger partial charge in [0.25, 0.3) is 0 Å². The zero-order valence-corrected chi connectivity index (χ0v) is 13.4. The zero-order valence-electron chi connectivity index (χ0n) is 13.4. The Bertz CT molecular complexity index is 530. The molecule has 0 aliphatic heterocycles. The minimum Gasteiger partial charge on any atom is -0.299 e. The quantitative estimate of drug-likeness (QED) is 0.731. The van der Waals surface area contributed by atoms with Crippen molar-refractivity contribution in [3.05, 3.63) is 24.3 Å². The summed E-state index contributed by atoms with van der Waals surface area (Å²) in [6.07, 6.45) is 7.44. The summed E-state index contributed by atoms with van der Waals surface area (Å²) >= 11 is 0. The van der Waals surface area contributed by atoms with Gasteiger partial charge >= 0.3 is 0 Å². The molecule has 0 aromatic carbocycles. The first-order valence-electron chi connectivity index (χ1n) is 8.29. The van der Waals surface area contributed by atoms with Crippen LogP contribution >= 0.6 is 0 Å². The zero-order chi connectivity index (χ0) is 15.4. The second-order valence-electron chi connectivity index (χ2n) is 7.68. The van der Waals surface area contributed by atoms with Crippen molar-refractivity contribution < 1.29 is 9.59 Å². The van der Waals surface area contributed by atoms with Gasteiger partial charge in [-0.15, -0.1) is 0 Å². The number of fused-ring (bicyclic) bond motifs is 3. The van der Waals surface area contributed by atoms with E-state index in [1.165, 1.54) is 0 Å². The molecular formula is C19H26O2. The molecule has 0 saturated heterocycles. The lowest BCUT2D eigenvalue weighted by molar-refractivity contribution is -0.155. The number of carbonyl (C=O) groups is 2. The highest BCUT2D eigenvalue weighted by molar-refractivity contribution is 5.95. The van der Waals surface area contributed by atoms with E-state index >= 15 is 0 Å². The Labute approximate surface area is 127 Å². The molecule has 0 heterocycles. The standard InChI is InChI=1S/C19H26O2/c1-5-13-9-14-6-7-15-12(3)16(20)8-11(2)19(15,4)18(14)17(21)10-13/h5,10-12,14-15,18H,1,6-9H2,2-4H3. The maximum absolute atomic E-state index is 12.8. The predicted molar refractivity (Wildman–Crippen MR) is 83.7 cm³/mol. The fourth-order valence-electron chi connectivity index (χ4n) is 5.54. The number of hydrogen-bond acceptors (Lipinski definition) is 2. The molecule has 0 aromatic rings. The first-order chi connectivity index (χ1) is 9.89. The Hall–Kier alpha value is -1.18. The van der Waals surface area contributed by atoms with Gasteiger partial charge in [-0.2, -0.15) is 0 Å². The van der Waals surface area contributed by atoms with Gasteiger partial charge in [-0.05, 0) is 54.1 Å². The highest BCUT2D eigenvalue weighted by Gasteiger charge is 2.58. The highest BCUT2D eigenvalue weighted by atomic mass is 16.1. The third-order valence-corrected chi connectivity index (χ3v) is 6.86. The SMILES string of the molecule is C=CC1=CC(=O)C2C(CCC3C(C)C(=O)CC(C)C32C)C1. The van der Waals surface area contributed by atoms with E-state index < -0.39 is 0 Å². The van der Waals surface area contributed by atoms with Crippen LogP contribution in [0.5, 0.6) is 0 Å². The van der Waals surface area contributed by atoms with Crippen LogP contribution in [0, 0.1) is 35.0 Å². The van der Waals surface area contributed by atoms with Crippen LogP contribution in [-0.4, -0.2) is 11.6 Å². The van der Waals surface area contributed by atoms with Gasteiger partial charge in [-0.3, -0.25) is 9.59 Å². The van der Waals surface area contributed by atoms with Gasteiger partial charge in [0.2, 0.25) is 0 Å². The number of allylic oxidation sites excluding steroid dienone is 3. The van der Waals surface area contributed by atoms with Crippen molar-refractivity contribution in [2.24, 2.45) is 35.0 Å². The molecule has 0 aromatic heterocycles. The van der Waals surface area contributed by atoms with E-state index in [1.54, 1.807) is 0 Å².